The first-order valence-corrected chi connectivity index (χ1v) is 11.5. The lowest BCUT2D eigenvalue weighted by atomic mass is 9.85. The third-order valence-electron chi connectivity index (χ3n) is 6.90. The highest BCUT2D eigenvalue weighted by Crippen LogP contribution is 2.52. The van der Waals surface area contributed by atoms with Crippen molar-refractivity contribution in [1.82, 2.24) is 30.3 Å². The second-order valence-corrected chi connectivity index (χ2v) is 8.95. The molecule has 1 saturated carbocycles. The summed E-state index contributed by atoms with van der Waals surface area (Å²) in [7, 11) is 1.73. The van der Waals surface area contributed by atoms with Gasteiger partial charge in [-0.1, -0.05) is 36.4 Å². The summed E-state index contributed by atoms with van der Waals surface area (Å²) >= 11 is 0. The van der Waals surface area contributed by atoms with E-state index in [1.807, 2.05) is 6.07 Å². The molecule has 1 aromatic carbocycles. The number of fused-ring (bicyclic) bond motifs is 5. The third kappa shape index (κ3) is 4.27. The first-order valence-electron chi connectivity index (χ1n) is 11.5. The third-order valence-corrected chi connectivity index (χ3v) is 6.90. The van der Waals surface area contributed by atoms with E-state index in [2.05, 4.69) is 56.1 Å². The van der Waals surface area contributed by atoms with Crippen LogP contribution in [0, 0.1) is 23.7 Å². The van der Waals surface area contributed by atoms with E-state index in [9.17, 15) is 9.59 Å². The lowest BCUT2D eigenvalue weighted by Gasteiger charge is -2.18. The predicted octanol–water partition coefficient (Wildman–Crippen LogP) is 1.19. The Morgan fingerprint density at radius 2 is 1.88 bits per heavy atom. The first kappa shape index (κ1) is 21.4. The van der Waals surface area contributed by atoms with Crippen LogP contribution in [0.2, 0.25) is 0 Å². The molecule has 4 unspecified atom stereocenters. The molecule has 172 valence electrons. The Labute approximate surface area is 193 Å². The molecule has 2 N–H and O–H groups in total. The molecule has 5 rings (SSSR count). The van der Waals surface area contributed by atoms with Crippen LogP contribution < -0.4 is 10.6 Å². The Kier molecular flexibility index (Phi) is 5.93. The number of carbonyl (C=O) groups excluding carboxylic acids is 2. The summed E-state index contributed by atoms with van der Waals surface area (Å²) in [5, 5.41) is 10.7. The van der Waals surface area contributed by atoms with Gasteiger partial charge in [-0.05, 0) is 35.8 Å². The number of hydrogen-bond acceptors (Lipinski definition) is 5. The SMILES string of the molecule is CN=C(NCCCN1C(=O)C2C3C=CC(C3)C2C1=O)NCc1cccc(Cn2cncn2)c1. The van der Waals surface area contributed by atoms with E-state index in [1.165, 1.54) is 11.2 Å². The second-order valence-electron chi connectivity index (χ2n) is 8.95. The van der Waals surface area contributed by atoms with Crippen molar-refractivity contribution in [2.45, 2.75) is 25.9 Å². The molecule has 2 heterocycles. The van der Waals surface area contributed by atoms with Crippen LogP contribution in [0.25, 0.3) is 0 Å². The Morgan fingerprint density at radius 1 is 1.12 bits per heavy atom. The average Bonchev–Trinajstić information content (AvgIpc) is 3.61. The van der Waals surface area contributed by atoms with E-state index in [4.69, 9.17) is 0 Å². The van der Waals surface area contributed by atoms with Crippen LogP contribution >= 0.6 is 0 Å². The highest BCUT2D eigenvalue weighted by atomic mass is 16.2. The largest absolute Gasteiger partial charge is 0.356 e. The number of amides is 2. The molecule has 1 aromatic heterocycles. The van der Waals surface area contributed by atoms with Gasteiger partial charge >= 0.3 is 0 Å². The fourth-order valence-corrected chi connectivity index (χ4v) is 5.37. The Balaban J connectivity index is 1.06. The molecule has 2 aliphatic carbocycles. The minimum atomic E-state index is -0.116. The highest BCUT2D eigenvalue weighted by Gasteiger charge is 2.58. The van der Waals surface area contributed by atoms with E-state index in [-0.39, 0.29) is 35.5 Å². The number of benzene rings is 1. The number of aromatic nitrogens is 3. The Hall–Kier alpha value is -3.49. The molecule has 9 nitrogen and oxygen atoms in total. The number of aliphatic imine (C=N–C) groups is 1. The summed E-state index contributed by atoms with van der Waals surface area (Å²) in [5.74, 6) is 1.03. The zero-order valence-electron chi connectivity index (χ0n) is 18.7. The quantitative estimate of drug-likeness (QED) is 0.207. The maximum Gasteiger partial charge on any atom is 0.233 e. The van der Waals surface area contributed by atoms with Gasteiger partial charge in [0.25, 0.3) is 0 Å². The van der Waals surface area contributed by atoms with Crippen LogP contribution in [0.5, 0.6) is 0 Å². The minimum Gasteiger partial charge on any atom is -0.356 e. The summed E-state index contributed by atoms with van der Waals surface area (Å²) in [6.07, 6.45) is 9.14. The molecule has 1 saturated heterocycles. The number of nitrogens with one attached hydrogen (secondary N) is 2. The summed E-state index contributed by atoms with van der Waals surface area (Å²) < 4.78 is 1.79. The fraction of sp³-hybridized carbons (Fsp3) is 0.458. The minimum absolute atomic E-state index is 0.0233. The molecule has 2 amide bonds. The van der Waals surface area contributed by atoms with Crippen molar-refractivity contribution in [3.05, 3.63) is 60.2 Å². The molecule has 0 radical (unpaired) electrons. The van der Waals surface area contributed by atoms with Gasteiger partial charge in [0.15, 0.2) is 5.96 Å². The number of allylic oxidation sites excluding steroid dienone is 2. The molecule has 2 fully saturated rings. The highest BCUT2D eigenvalue weighted by molar-refractivity contribution is 6.06. The van der Waals surface area contributed by atoms with Crippen LogP contribution in [0.4, 0.5) is 0 Å². The Bertz CT molecular complexity index is 1050. The van der Waals surface area contributed by atoms with E-state index in [0.29, 0.717) is 38.6 Å². The van der Waals surface area contributed by atoms with Gasteiger partial charge in [0.2, 0.25) is 11.8 Å². The van der Waals surface area contributed by atoms with E-state index in [1.54, 1.807) is 18.1 Å². The van der Waals surface area contributed by atoms with Gasteiger partial charge in [-0.25, -0.2) is 9.67 Å². The predicted molar refractivity (Wildman–Crippen MR) is 123 cm³/mol. The summed E-state index contributed by atoms with van der Waals surface area (Å²) in [4.78, 5) is 35.3. The number of guanidine groups is 1. The topological polar surface area (TPSA) is 105 Å². The van der Waals surface area contributed by atoms with Gasteiger partial charge in [0, 0.05) is 26.7 Å². The molecule has 33 heavy (non-hydrogen) atoms. The zero-order chi connectivity index (χ0) is 22.8. The molecule has 0 spiro atoms. The van der Waals surface area contributed by atoms with Gasteiger partial charge in [0.05, 0.1) is 18.4 Å². The van der Waals surface area contributed by atoms with E-state index in [0.717, 1.165) is 17.5 Å². The molecular formula is C24H29N7O2. The zero-order valence-corrected chi connectivity index (χ0v) is 18.7. The lowest BCUT2D eigenvalue weighted by molar-refractivity contribution is -0.140. The molecular weight excluding hydrogens is 418 g/mol. The Morgan fingerprint density at radius 3 is 2.58 bits per heavy atom. The average molecular weight is 448 g/mol. The van der Waals surface area contributed by atoms with Gasteiger partial charge < -0.3 is 10.6 Å². The van der Waals surface area contributed by atoms with E-state index >= 15 is 0 Å². The van der Waals surface area contributed by atoms with E-state index < -0.39 is 0 Å². The number of rotatable bonds is 8. The number of carbonyl (C=O) groups is 2. The molecule has 9 heteroatoms. The summed E-state index contributed by atoms with van der Waals surface area (Å²) in [5.41, 5.74) is 2.29. The molecule has 1 aliphatic heterocycles. The number of likely N-dealkylation sites (tertiary alicyclic amines) is 1. The number of nitrogens with zero attached hydrogens (tertiary/aromatic N) is 5. The van der Waals surface area contributed by atoms with Crippen LogP contribution in [-0.2, 0) is 22.7 Å². The smallest absolute Gasteiger partial charge is 0.233 e. The van der Waals surface area contributed by atoms with Crippen molar-refractivity contribution in [2.75, 3.05) is 20.1 Å². The molecule has 2 bridgehead atoms. The standard InChI is InChI=1S/C24H29N7O2/c1-25-24(28-12-16-4-2-5-17(10-16)13-30-15-26-14-29-30)27-8-3-9-31-22(32)20-18-6-7-19(11-18)21(20)23(31)33/h2,4-7,10,14-15,18-21H,3,8-9,11-13H2,1H3,(H2,25,27,28). The maximum absolute atomic E-state index is 12.8. The summed E-state index contributed by atoms with van der Waals surface area (Å²) in [6.45, 7) is 2.39. The molecule has 4 atom stereocenters. The van der Waals surface area contributed by atoms with Gasteiger partial charge in [-0.15, -0.1) is 0 Å². The van der Waals surface area contributed by atoms with Gasteiger partial charge in [-0.2, -0.15) is 5.10 Å². The van der Waals surface area contributed by atoms with Crippen LogP contribution in [0.1, 0.15) is 24.0 Å². The van der Waals surface area contributed by atoms with Crippen molar-refractivity contribution < 1.29 is 9.59 Å². The number of hydrogen-bond donors (Lipinski definition) is 2. The van der Waals surface area contributed by atoms with Crippen molar-refractivity contribution in [3.8, 4) is 0 Å². The van der Waals surface area contributed by atoms with Gasteiger partial charge in [0.1, 0.15) is 12.7 Å². The van der Waals surface area contributed by atoms with Crippen molar-refractivity contribution in [1.29, 1.82) is 0 Å². The molecule has 3 aliphatic rings. The van der Waals surface area contributed by atoms with Crippen LogP contribution in [-0.4, -0.2) is 57.6 Å². The first-order chi connectivity index (χ1) is 16.1. The second kappa shape index (κ2) is 9.17. The van der Waals surface area contributed by atoms with Crippen molar-refractivity contribution in [3.63, 3.8) is 0 Å². The van der Waals surface area contributed by atoms with Crippen LogP contribution in [0.3, 0.4) is 0 Å². The maximum atomic E-state index is 12.8. The van der Waals surface area contributed by atoms with Gasteiger partial charge in [-0.3, -0.25) is 19.5 Å². The number of imide groups is 1. The van der Waals surface area contributed by atoms with Crippen molar-refractivity contribution >= 4 is 17.8 Å². The normalized spacial score (nSPS) is 25.7. The summed E-state index contributed by atoms with van der Waals surface area (Å²) in [6, 6.07) is 8.29. The fourth-order valence-electron chi connectivity index (χ4n) is 5.37. The molecule has 2 aromatic rings. The van der Waals surface area contributed by atoms with Crippen LogP contribution in [0.15, 0.2) is 54.1 Å². The van der Waals surface area contributed by atoms with Crippen molar-refractivity contribution in [2.24, 2.45) is 28.7 Å². The monoisotopic (exact) mass is 447 g/mol. The lowest BCUT2D eigenvalue weighted by Crippen LogP contribution is -2.39.